The predicted octanol–water partition coefficient (Wildman–Crippen LogP) is 2.21. The summed E-state index contributed by atoms with van der Waals surface area (Å²) >= 11 is 0. The molecule has 2 aromatic carbocycles. The summed E-state index contributed by atoms with van der Waals surface area (Å²) in [4.78, 5) is 14.3. The molecule has 2 aromatic rings. The molecule has 2 heterocycles. The zero-order valence-corrected chi connectivity index (χ0v) is 17.2. The number of hydrogen-bond acceptors (Lipinski definition) is 6. The van der Waals surface area contributed by atoms with Crippen molar-refractivity contribution >= 4 is 15.9 Å². The number of benzene rings is 2. The van der Waals surface area contributed by atoms with E-state index >= 15 is 0 Å². The largest absolute Gasteiger partial charge is 0.486 e. The Morgan fingerprint density at radius 3 is 2.23 bits per heavy atom. The van der Waals surface area contributed by atoms with Gasteiger partial charge in [-0.3, -0.25) is 4.79 Å². The van der Waals surface area contributed by atoms with E-state index < -0.39 is 16.6 Å². The fraction of sp³-hybridized carbons (Fsp3) is 0.350. The van der Waals surface area contributed by atoms with Crippen LogP contribution in [0, 0.1) is 0 Å². The molecule has 4 rings (SSSR count). The monoisotopic (exact) mass is 454 g/mol. The third-order valence-corrected chi connectivity index (χ3v) is 6.90. The summed E-state index contributed by atoms with van der Waals surface area (Å²) in [6.07, 6.45) is 0. The molecule has 8 nitrogen and oxygen atoms in total. The van der Waals surface area contributed by atoms with Crippen molar-refractivity contribution in [2.24, 2.45) is 0 Å². The van der Waals surface area contributed by atoms with E-state index in [9.17, 15) is 22.0 Å². The maximum Gasteiger partial charge on any atom is 0.387 e. The van der Waals surface area contributed by atoms with Crippen LogP contribution in [0.25, 0.3) is 0 Å². The molecular formula is C20H20F2N2O6S. The summed E-state index contributed by atoms with van der Waals surface area (Å²) < 4.78 is 67.0. The van der Waals surface area contributed by atoms with Gasteiger partial charge in [0.05, 0.1) is 4.90 Å². The maximum absolute atomic E-state index is 13.0. The molecule has 1 saturated heterocycles. The first-order valence-corrected chi connectivity index (χ1v) is 11.0. The number of ether oxygens (including phenoxy) is 3. The Morgan fingerprint density at radius 1 is 0.935 bits per heavy atom. The number of carbonyl (C=O) groups excluding carboxylic acids is 1. The van der Waals surface area contributed by atoms with Gasteiger partial charge in [0, 0.05) is 37.8 Å². The second-order valence-electron chi connectivity index (χ2n) is 6.90. The molecule has 11 heteroatoms. The van der Waals surface area contributed by atoms with Crippen LogP contribution in [0.3, 0.4) is 0 Å². The number of nitrogens with zero attached hydrogens (tertiary/aromatic N) is 2. The average Bonchev–Trinajstić information content (AvgIpc) is 2.78. The van der Waals surface area contributed by atoms with Crippen LogP contribution in [0.15, 0.2) is 47.4 Å². The average molecular weight is 454 g/mol. The number of fused-ring (bicyclic) bond motifs is 1. The van der Waals surface area contributed by atoms with Crippen molar-refractivity contribution in [2.75, 3.05) is 39.4 Å². The highest BCUT2D eigenvalue weighted by Crippen LogP contribution is 2.33. The topological polar surface area (TPSA) is 85.4 Å². The van der Waals surface area contributed by atoms with E-state index in [2.05, 4.69) is 4.74 Å². The number of amides is 1. The first-order valence-electron chi connectivity index (χ1n) is 9.58. The maximum atomic E-state index is 13.0. The molecule has 0 unspecified atom stereocenters. The van der Waals surface area contributed by atoms with Gasteiger partial charge in [0.15, 0.2) is 11.5 Å². The molecular weight excluding hydrogens is 434 g/mol. The van der Waals surface area contributed by atoms with Crippen molar-refractivity contribution in [3.8, 4) is 17.2 Å². The molecule has 0 radical (unpaired) electrons. The highest BCUT2D eigenvalue weighted by molar-refractivity contribution is 7.89. The molecule has 0 bridgehead atoms. The molecule has 1 fully saturated rings. The van der Waals surface area contributed by atoms with Crippen LogP contribution in [-0.4, -0.2) is 69.5 Å². The third kappa shape index (κ3) is 4.57. The number of rotatable bonds is 5. The van der Waals surface area contributed by atoms with Gasteiger partial charge in [-0.15, -0.1) is 0 Å². The molecule has 0 atom stereocenters. The number of carbonyl (C=O) groups is 1. The number of piperazine rings is 1. The van der Waals surface area contributed by atoms with Crippen molar-refractivity contribution in [2.45, 2.75) is 11.5 Å². The van der Waals surface area contributed by atoms with E-state index in [1.54, 1.807) is 6.07 Å². The van der Waals surface area contributed by atoms with Crippen molar-refractivity contribution in [1.29, 1.82) is 0 Å². The van der Waals surface area contributed by atoms with Gasteiger partial charge in [0.1, 0.15) is 19.0 Å². The fourth-order valence-electron chi connectivity index (χ4n) is 3.43. The van der Waals surface area contributed by atoms with Crippen LogP contribution in [0.4, 0.5) is 8.78 Å². The Hall–Kier alpha value is -2.92. The minimum atomic E-state index is -3.75. The highest BCUT2D eigenvalue weighted by Gasteiger charge is 2.31. The normalized spacial score (nSPS) is 16.9. The summed E-state index contributed by atoms with van der Waals surface area (Å²) in [7, 11) is -3.75. The lowest BCUT2D eigenvalue weighted by Crippen LogP contribution is -2.50. The SMILES string of the molecule is O=C(c1ccc(OC(F)F)cc1)N1CCN(S(=O)(=O)c2ccc3c(c2)OCCO3)CC1. The van der Waals surface area contributed by atoms with Crippen LogP contribution < -0.4 is 14.2 Å². The first kappa shape index (κ1) is 21.3. The van der Waals surface area contributed by atoms with Gasteiger partial charge in [-0.1, -0.05) is 0 Å². The first-order chi connectivity index (χ1) is 14.8. The number of hydrogen-bond donors (Lipinski definition) is 0. The Morgan fingerprint density at radius 2 is 1.58 bits per heavy atom. The van der Waals surface area contributed by atoms with Gasteiger partial charge < -0.3 is 19.1 Å². The summed E-state index contributed by atoms with van der Waals surface area (Å²) in [5.74, 6) is 0.549. The molecule has 2 aliphatic heterocycles. The lowest BCUT2D eigenvalue weighted by molar-refractivity contribution is -0.0498. The van der Waals surface area contributed by atoms with E-state index in [0.29, 0.717) is 30.3 Å². The van der Waals surface area contributed by atoms with Gasteiger partial charge in [-0.25, -0.2) is 8.42 Å². The van der Waals surface area contributed by atoms with E-state index in [0.717, 1.165) is 0 Å². The Bertz CT molecular complexity index is 1050. The minimum Gasteiger partial charge on any atom is -0.486 e. The molecule has 0 saturated carbocycles. The lowest BCUT2D eigenvalue weighted by Gasteiger charge is -2.34. The third-order valence-electron chi connectivity index (χ3n) is 5.00. The second kappa shape index (κ2) is 8.67. The second-order valence-corrected chi connectivity index (χ2v) is 8.84. The summed E-state index contributed by atoms with van der Waals surface area (Å²) in [5.41, 5.74) is 0.310. The van der Waals surface area contributed by atoms with Crippen molar-refractivity contribution in [3.05, 3.63) is 48.0 Å². The Labute approximate surface area is 178 Å². The van der Waals surface area contributed by atoms with Gasteiger partial charge >= 0.3 is 6.61 Å². The highest BCUT2D eigenvalue weighted by atomic mass is 32.2. The van der Waals surface area contributed by atoms with Crippen LogP contribution in [0.5, 0.6) is 17.2 Å². The van der Waals surface area contributed by atoms with E-state index in [1.807, 2.05) is 0 Å². The van der Waals surface area contributed by atoms with E-state index in [4.69, 9.17) is 9.47 Å². The summed E-state index contributed by atoms with van der Waals surface area (Å²) in [6, 6.07) is 9.89. The molecule has 0 N–H and O–H groups in total. The van der Waals surface area contributed by atoms with Crippen molar-refractivity contribution in [1.82, 2.24) is 9.21 Å². The number of halogens is 2. The van der Waals surface area contributed by atoms with Crippen LogP contribution in [0.1, 0.15) is 10.4 Å². The zero-order valence-electron chi connectivity index (χ0n) is 16.4. The smallest absolute Gasteiger partial charge is 0.387 e. The summed E-state index contributed by atoms with van der Waals surface area (Å²) in [5, 5.41) is 0. The van der Waals surface area contributed by atoms with Gasteiger partial charge in [0.2, 0.25) is 10.0 Å². The molecule has 166 valence electrons. The van der Waals surface area contributed by atoms with Gasteiger partial charge in [0.25, 0.3) is 5.91 Å². The summed E-state index contributed by atoms with van der Waals surface area (Å²) in [6.45, 7) is -1.49. The zero-order chi connectivity index (χ0) is 22.0. The van der Waals surface area contributed by atoms with Crippen LogP contribution in [0.2, 0.25) is 0 Å². The van der Waals surface area contributed by atoms with E-state index in [-0.39, 0.29) is 42.7 Å². The predicted molar refractivity (Wildman–Crippen MR) is 105 cm³/mol. The van der Waals surface area contributed by atoms with Gasteiger partial charge in [-0.05, 0) is 36.4 Å². The molecule has 2 aliphatic rings. The molecule has 0 spiro atoms. The van der Waals surface area contributed by atoms with Crippen LogP contribution >= 0.6 is 0 Å². The number of sulfonamides is 1. The van der Waals surface area contributed by atoms with Crippen LogP contribution in [-0.2, 0) is 10.0 Å². The molecule has 1 amide bonds. The van der Waals surface area contributed by atoms with Crippen molar-refractivity contribution in [3.63, 3.8) is 0 Å². The lowest BCUT2D eigenvalue weighted by atomic mass is 10.2. The molecule has 0 aromatic heterocycles. The van der Waals surface area contributed by atoms with E-state index in [1.165, 1.54) is 45.6 Å². The standard InChI is InChI=1S/C20H20F2N2O6S/c21-20(22)30-15-3-1-14(2-4-15)19(25)23-7-9-24(10-8-23)31(26,27)16-5-6-17-18(13-16)29-12-11-28-17/h1-6,13,20H,7-12H2. The number of alkyl halides is 2. The quantitative estimate of drug-likeness (QED) is 0.689. The Balaban J connectivity index is 1.40. The fourth-order valence-corrected chi connectivity index (χ4v) is 4.86. The van der Waals surface area contributed by atoms with Crippen molar-refractivity contribution < 1.29 is 36.2 Å². The minimum absolute atomic E-state index is 0.0399. The van der Waals surface area contributed by atoms with Gasteiger partial charge in [-0.2, -0.15) is 13.1 Å². The molecule has 31 heavy (non-hydrogen) atoms. The Kier molecular flexibility index (Phi) is 5.96. The molecule has 0 aliphatic carbocycles.